The van der Waals surface area contributed by atoms with E-state index in [0.29, 0.717) is 6.04 Å². The van der Waals surface area contributed by atoms with Crippen LogP contribution in [0.3, 0.4) is 0 Å². The normalized spacial score (nSPS) is 33.5. The molecule has 0 amide bonds. The summed E-state index contributed by atoms with van der Waals surface area (Å²) in [7, 11) is 0. The molecule has 0 saturated carbocycles. The molecule has 0 aliphatic carbocycles. The molecule has 0 radical (unpaired) electrons. The van der Waals surface area contributed by atoms with E-state index in [0.717, 1.165) is 52.0 Å². The van der Waals surface area contributed by atoms with Crippen molar-refractivity contribution in [1.29, 1.82) is 0 Å². The number of nitrogens with zero attached hydrogens (tertiary/aromatic N) is 2. The number of morpholine rings is 1. The first-order valence-electron chi connectivity index (χ1n) is 7.77. The summed E-state index contributed by atoms with van der Waals surface area (Å²) in [5.74, 6) is -0.700. The largest absolute Gasteiger partial charge is 0.480 e. The number of hydrogen-bond donors (Lipinski definition) is 1. The first-order valence-corrected chi connectivity index (χ1v) is 7.77. The molecule has 1 N–H and O–H groups in total. The molecule has 0 aromatic rings. The van der Waals surface area contributed by atoms with E-state index in [2.05, 4.69) is 23.6 Å². The van der Waals surface area contributed by atoms with E-state index in [1.165, 1.54) is 0 Å². The van der Waals surface area contributed by atoms with Gasteiger partial charge in [0.15, 0.2) is 0 Å². The van der Waals surface area contributed by atoms with Crippen LogP contribution in [-0.4, -0.2) is 71.3 Å². The van der Waals surface area contributed by atoms with Crippen molar-refractivity contribution < 1.29 is 14.6 Å². The molecule has 5 heteroatoms. The van der Waals surface area contributed by atoms with Gasteiger partial charge in [0, 0.05) is 25.7 Å². The zero-order valence-electron chi connectivity index (χ0n) is 13.0. The van der Waals surface area contributed by atoms with Crippen molar-refractivity contribution in [3.05, 3.63) is 0 Å². The van der Waals surface area contributed by atoms with Gasteiger partial charge in [-0.3, -0.25) is 14.6 Å². The molecule has 5 nitrogen and oxygen atoms in total. The van der Waals surface area contributed by atoms with Crippen LogP contribution >= 0.6 is 0 Å². The zero-order chi connectivity index (χ0) is 14.8. The molecular weight excluding hydrogens is 256 g/mol. The van der Waals surface area contributed by atoms with Gasteiger partial charge in [-0.15, -0.1) is 0 Å². The van der Waals surface area contributed by atoms with Crippen LogP contribution in [0.1, 0.15) is 40.0 Å². The Morgan fingerprint density at radius 3 is 2.80 bits per heavy atom. The Bertz CT molecular complexity index is 348. The lowest BCUT2D eigenvalue weighted by Gasteiger charge is -2.45. The number of piperidine rings is 1. The van der Waals surface area contributed by atoms with Crippen LogP contribution in [0, 0.1) is 0 Å². The summed E-state index contributed by atoms with van der Waals surface area (Å²) >= 11 is 0. The van der Waals surface area contributed by atoms with E-state index in [4.69, 9.17) is 4.74 Å². The molecule has 0 aromatic heterocycles. The topological polar surface area (TPSA) is 53.0 Å². The van der Waals surface area contributed by atoms with Crippen LogP contribution in [0.2, 0.25) is 0 Å². The van der Waals surface area contributed by atoms with Crippen molar-refractivity contribution in [2.45, 2.75) is 57.7 Å². The highest BCUT2D eigenvalue weighted by Crippen LogP contribution is 2.29. The second kappa shape index (κ2) is 6.41. The highest BCUT2D eigenvalue weighted by Gasteiger charge is 2.42. The Kier molecular flexibility index (Phi) is 5.04. The van der Waals surface area contributed by atoms with Crippen LogP contribution in [0.25, 0.3) is 0 Å². The summed E-state index contributed by atoms with van der Waals surface area (Å²) in [6, 6.07) is 0.522. The molecule has 0 aromatic carbocycles. The highest BCUT2D eigenvalue weighted by atomic mass is 16.5. The monoisotopic (exact) mass is 284 g/mol. The number of carbonyl (C=O) groups is 1. The van der Waals surface area contributed by atoms with Gasteiger partial charge in [-0.05, 0) is 46.6 Å². The molecule has 2 rings (SSSR count). The number of carboxylic acid groups (broad SMARTS) is 1. The highest BCUT2D eigenvalue weighted by molar-refractivity contribution is 5.78. The predicted molar refractivity (Wildman–Crippen MR) is 77.9 cm³/mol. The van der Waals surface area contributed by atoms with Gasteiger partial charge in [-0.25, -0.2) is 0 Å². The van der Waals surface area contributed by atoms with Crippen molar-refractivity contribution in [3.8, 4) is 0 Å². The van der Waals surface area contributed by atoms with E-state index < -0.39 is 11.5 Å². The van der Waals surface area contributed by atoms with Gasteiger partial charge in [0.1, 0.15) is 5.54 Å². The molecule has 2 atom stereocenters. The number of rotatable bonds is 4. The number of likely N-dealkylation sites (tertiary alicyclic amines) is 1. The standard InChI is InChI=1S/C15H28N2O3/c1-12(2)16-8-9-20-13(10-16)11-17-7-5-4-6-15(17,3)14(18)19/h12-13H,4-11H2,1-3H3,(H,18,19). The second-order valence-corrected chi connectivity index (χ2v) is 6.56. The van der Waals surface area contributed by atoms with Crippen molar-refractivity contribution in [2.24, 2.45) is 0 Å². The van der Waals surface area contributed by atoms with Gasteiger partial charge >= 0.3 is 5.97 Å². The van der Waals surface area contributed by atoms with Gasteiger partial charge in [-0.2, -0.15) is 0 Å². The molecule has 116 valence electrons. The van der Waals surface area contributed by atoms with Crippen LogP contribution in [0.5, 0.6) is 0 Å². The lowest BCUT2D eigenvalue weighted by Crippen LogP contribution is -2.59. The molecule has 2 aliphatic heterocycles. The maximum absolute atomic E-state index is 11.6. The minimum Gasteiger partial charge on any atom is -0.480 e. The summed E-state index contributed by atoms with van der Waals surface area (Å²) in [5, 5.41) is 9.54. The number of hydrogen-bond acceptors (Lipinski definition) is 4. The fourth-order valence-corrected chi connectivity index (χ4v) is 3.28. The minimum absolute atomic E-state index is 0.128. The maximum atomic E-state index is 11.6. The minimum atomic E-state index is -0.721. The van der Waals surface area contributed by atoms with E-state index in [9.17, 15) is 9.90 Å². The zero-order valence-corrected chi connectivity index (χ0v) is 13.0. The van der Waals surface area contributed by atoms with Crippen molar-refractivity contribution in [3.63, 3.8) is 0 Å². The average Bonchev–Trinajstić information content (AvgIpc) is 2.41. The fourth-order valence-electron chi connectivity index (χ4n) is 3.28. The smallest absolute Gasteiger partial charge is 0.323 e. The van der Waals surface area contributed by atoms with Crippen LogP contribution in [-0.2, 0) is 9.53 Å². The van der Waals surface area contributed by atoms with Gasteiger partial charge in [0.2, 0.25) is 0 Å². The summed E-state index contributed by atoms with van der Waals surface area (Å²) < 4.78 is 5.86. The quantitative estimate of drug-likeness (QED) is 0.846. The van der Waals surface area contributed by atoms with Crippen molar-refractivity contribution in [2.75, 3.05) is 32.8 Å². The summed E-state index contributed by atoms with van der Waals surface area (Å²) in [6.45, 7) is 10.5. The summed E-state index contributed by atoms with van der Waals surface area (Å²) in [6.07, 6.45) is 2.96. The van der Waals surface area contributed by atoms with Gasteiger partial charge in [0.05, 0.1) is 12.7 Å². The molecule has 2 aliphatic rings. The summed E-state index contributed by atoms with van der Waals surface area (Å²) in [4.78, 5) is 16.1. The lowest BCUT2D eigenvalue weighted by atomic mass is 9.88. The van der Waals surface area contributed by atoms with Crippen molar-refractivity contribution >= 4 is 5.97 Å². The lowest BCUT2D eigenvalue weighted by molar-refractivity contribution is -0.155. The maximum Gasteiger partial charge on any atom is 0.323 e. The Morgan fingerprint density at radius 1 is 1.40 bits per heavy atom. The third kappa shape index (κ3) is 3.32. The second-order valence-electron chi connectivity index (χ2n) is 6.56. The van der Waals surface area contributed by atoms with E-state index in [1.807, 2.05) is 6.92 Å². The third-order valence-corrected chi connectivity index (χ3v) is 4.82. The molecule has 2 fully saturated rings. The van der Waals surface area contributed by atoms with Gasteiger partial charge < -0.3 is 9.84 Å². The number of aliphatic carboxylic acids is 1. The van der Waals surface area contributed by atoms with E-state index in [-0.39, 0.29) is 6.10 Å². The molecular formula is C15H28N2O3. The number of carboxylic acids is 1. The van der Waals surface area contributed by atoms with Crippen LogP contribution in [0.4, 0.5) is 0 Å². The summed E-state index contributed by atoms with van der Waals surface area (Å²) in [5.41, 5.74) is -0.721. The molecule has 2 heterocycles. The molecule has 0 spiro atoms. The predicted octanol–water partition coefficient (Wildman–Crippen LogP) is 1.42. The van der Waals surface area contributed by atoms with Crippen molar-refractivity contribution in [1.82, 2.24) is 9.80 Å². The SMILES string of the molecule is CC(C)N1CCOC(CN2CCCCC2(C)C(=O)O)C1. The first kappa shape index (κ1) is 15.7. The van der Waals surface area contributed by atoms with Crippen LogP contribution < -0.4 is 0 Å². The molecule has 20 heavy (non-hydrogen) atoms. The van der Waals surface area contributed by atoms with E-state index in [1.54, 1.807) is 0 Å². The van der Waals surface area contributed by atoms with Crippen LogP contribution in [0.15, 0.2) is 0 Å². The van der Waals surface area contributed by atoms with Gasteiger partial charge in [0.25, 0.3) is 0 Å². The molecule has 2 saturated heterocycles. The fraction of sp³-hybridized carbons (Fsp3) is 0.933. The average molecular weight is 284 g/mol. The van der Waals surface area contributed by atoms with Gasteiger partial charge in [-0.1, -0.05) is 0 Å². The van der Waals surface area contributed by atoms with E-state index >= 15 is 0 Å². The molecule has 2 unspecified atom stereocenters. The Balaban J connectivity index is 1.98. The Labute approximate surface area is 121 Å². The first-order chi connectivity index (χ1) is 9.43. The Hall–Kier alpha value is -0.650. The number of ether oxygens (including phenoxy) is 1. The molecule has 0 bridgehead atoms. The third-order valence-electron chi connectivity index (χ3n) is 4.82. The Morgan fingerprint density at radius 2 is 2.15 bits per heavy atom.